The Kier molecular flexibility index (Phi) is 4.15. The molecular formula is C13H21N3S. The Bertz CT molecular complexity index is 361. The largest absolute Gasteiger partial charge is 0.399 e. The molecule has 4 heteroatoms. The lowest BCUT2D eigenvalue weighted by Gasteiger charge is -2.36. The molecule has 3 N–H and O–H groups in total. The predicted molar refractivity (Wildman–Crippen MR) is 76.5 cm³/mol. The first-order valence-corrected chi connectivity index (χ1v) is 7.47. The van der Waals surface area contributed by atoms with Crippen LogP contribution in [0.2, 0.25) is 0 Å². The van der Waals surface area contributed by atoms with Gasteiger partial charge in [-0.1, -0.05) is 19.3 Å². The number of pyridine rings is 1. The maximum atomic E-state index is 5.75. The smallest absolute Gasteiger partial charge is 0.127 e. The van der Waals surface area contributed by atoms with E-state index in [-0.39, 0.29) is 0 Å². The molecule has 1 saturated carbocycles. The van der Waals surface area contributed by atoms with Crippen molar-refractivity contribution in [2.24, 2.45) is 0 Å². The maximum Gasteiger partial charge on any atom is 0.127 e. The van der Waals surface area contributed by atoms with Crippen LogP contribution in [-0.2, 0) is 0 Å². The molecule has 0 saturated heterocycles. The first kappa shape index (κ1) is 12.6. The standard InChI is InChI=1S/C13H21N3S/c1-17-13(6-3-2-4-7-13)10-16-12-9-11(14)5-8-15-12/h5,8-9H,2-4,6-7,10H2,1H3,(H3,14,15,16). The van der Waals surface area contributed by atoms with Gasteiger partial charge in [0, 0.05) is 29.2 Å². The summed E-state index contributed by atoms with van der Waals surface area (Å²) in [4.78, 5) is 4.29. The Balaban J connectivity index is 1.95. The molecule has 0 aromatic carbocycles. The molecule has 0 radical (unpaired) electrons. The van der Waals surface area contributed by atoms with E-state index >= 15 is 0 Å². The third kappa shape index (κ3) is 3.28. The van der Waals surface area contributed by atoms with E-state index in [4.69, 9.17) is 5.73 Å². The van der Waals surface area contributed by atoms with Gasteiger partial charge in [0.15, 0.2) is 0 Å². The van der Waals surface area contributed by atoms with Gasteiger partial charge in [-0.15, -0.1) is 0 Å². The monoisotopic (exact) mass is 251 g/mol. The SMILES string of the molecule is CSC1(CNc2cc(N)ccn2)CCCCC1. The van der Waals surface area contributed by atoms with Crippen molar-refractivity contribution >= 4 is 23.3 Å². The molecule has 0 aliphatic heterocycles. The number of aromatic nitrogens is 1. The van der Waals surface area contributed by atoms with Crippen LogP contribution in [0.15, 0.2) is 18.3 Å². The highest BCUT2D eigenvalue weighted by Crippen LogP contribution is 2.38. The normalized spacial score (nSPS) is 18.9. The van der Waals surface area contributed by atoms with Crippen LogP contribution in [0.5, 0.6) is 0 Å². The van der Waals surface area contributed by atoms with Crippen LogP contribution in [0.3, 0.4) is 0 Å². The summed E-state index contributed by atoms with van der Waals surface area (Å²) < 4.78 is 0.393. The quantitative estimate of drug-likeness (QED) is 0.863. The lowest BCUT2D eigenvalue weighted by molar-refractivity contribution is 0.411. The Hall–Kier alpha value is -0.900. The summed E-state index contributed by atoms with van der Waals surface area (Å²) in [6, 6.07) is 3.72. The van der Waals surface area contributed by atoms with E-state index in [1.165, 1.54) is 32.1 Å². The summed E-state index contributed by atoms with van der Waals surface area (Å²) in [5.41, 5.74) is 6.52. The molecule has 1 aromatic rings. The Morgan fingerprint density at radius 3 is 2.82 bits per heavy atom. The molecular weight excluding hydrogens is 230 g/mol. The molecule has 0 atom stereocenters. The van der Waals surface area contributed by atoms with Gasteiger partial charge in [-0.25, -0.2) is 4.98 Å². The lowest BCUT2D eigenvalue weighted by Crippen LogP contribution is -2.35. The summed E-state index contributed by atoms with van der Waals surface area (Å²) in [5, 5.41) is 3.44. The van der Waals surface area contributed by atoms with E-state index in [0.29, 0.717) is 4.75 Å². The summed E-state index contributed by atoms with van der Waals surface area (Å²) in [5.74, 6) is 0.893. The van der Waals surface area contributed by atoms with Crippen LogP contribution < -0.4 is 11.1 Å². The van der Waals surface area contributed by atoms with Crippen molar-refractivity contribution < 1.29 is 0 Å². The minimum atomic E-state index is 0.393. The van der Waals surface area contributed by atoms with E-state index in [2.05, 4.69) is 16.6 Å². The van der Waals surface area contributed by atoms with Crippen LogP contribution in [0.1, 0.15) is 32.1 Å². The first-order chi connectivity index (χ1) is 8.24. The summed E-state index contributed by atoms with van der Waals surface area (Å²) in [7, 11) is 0. The van der Waals surface area contributed by atoms with E-state index in [0.717, 1.165) is 18.1 Å². The molecule has 1 fully saturated rings. The molecule has 0 unspecified atom stereocenters. The van der Waals surface area contributed by atoms with E-state index in [9.17, 15) is 0 Å². The average Bonchev–Trinajstić information content (AvgIpc) is 2.38. The molecule has 1 aliphatic rings. The second-order valence-electron chi connectivity index (χ2n) is 4.78. The van der Waals surface area contributed by atoms with Crippen molar-refractivity contribution in [1.29, 1.82) is 0 Å². The molecule has 17 heavy (non-hydrogen) atoms. The highest BCUT2D eigenvalue weighted by molar-refractivity contribution is 8.00. The highest BCUT2D eigenvalue weighted by Gasteiger charge is 2.30. The Labute approximate surface area is 108 Å². The van der Waals surface area contributed by atoms with Crippen LogP contribution >= 0.6 is 11.8 Å². The fourth-order valence-electron chi connectivity index (χ4n) is 2.44. The van der Waals surface area contributed by atoms with Gasteiger partial charge in [0.2, 0.25) is 0 Å². The molecule has 0 amide bonds. The van der Waals surface area contributed by atoms with Crippen LogP contribution in [0.4, 0.5) is 11.5 Å². The highest BCUT2D eigenvalue weighted by atomic mass is 32.2. The van der Waals surface area contributed by atoms with Gasteiger partial charge >= 0.3 is 0 Å². The second-order valence-corrected chi connectivity index (χ2v) is 6.05. The maximum absolute atomic E-state index is 5.75. The van der Waals surface area contributed by atoms with E-state index in [1.54, 1.807) is 6.20 Å². The molecule has 94 valence electrons. The minimum absolute atomic E-state index is 0.393. The first-order valence-electron chi connectivity index (χ1n) is 6.25. The number of thioether (sulfide) groups is 1. The van der Waals surface area contributed by atoms with Crippen LogP contribution in [0, 0.1) is 0 Å². The van der Waals surface area contributed by atoms with Crippen molar-refractivity contribution in [3.05, 3.63) is 18.3 Å². The predicted octanol–water partition coefficient (Wildman–Crippen LogP) is 3.14. The number of nitrogen functional groups attached to an aromatic ring is 1. The number of anilines is 2. The third-order valence-electron chi connectivity index (χ3n) is 3.57. The third-order valence-corrected chi connectivity index (χ3v) is 4.99. The van der Waals surface area contributed by atoms with Crippen molar-refractivity contribution in [3.8, 4) is 0 Å². The lowest BCUT2D eigenvalue weighted by atomic mass is 9.88. The van der Waals surface area contributed by atoms with Crippen LogP contribution in [0.25, 0.3) is 0 Å². The molecule has 1 aliphatic carbocycles. The second kappa shape index (κ2) is 5.63. The number of rotatable bonds is 4. The van der Waals surface area contributed by atoms with Gasteiger partial charge < -0.3 is 11.1 Å². The molecule has 2 rings (SSSR count). The van der Waals surface area contributed by atoms with Gasteiger partial charge in [0.25, 0.3) is 0 Å². The zero-order valence-electron chi connectivity index (χ0n) is 10.4. The van der Waals surface area contributed by atoms with Crippen molar-refractivity contribution in [2.45, 2.75) is 36.9 Å². The summed E-state index contributed by atoms with van der Waals surface area (Å²) in [6.45, 7) is 0.991. The van der Waals surface area contributed by atoms with Gasteiger partial charge in [0.1, 0.15) is 5.82 Å². The molecule has 0 spiro atoms. The molecule has 1 heterocycles. The molecule has 1 aromatic heterocycles. The molecule has 3 nitrogen and oxygen atoms in total. The van der Waals surface area contributed by atoms with Crippen molar-refractivity contribution in [2.75, 3.05) is 23.9 Å². The average molecular weight is 251 g/mol. The van der Waals surface area contributed by atoms with Crippen molar-refractivity contribution in [1.82, 2.24) is 4.98 Å². The zero-order valence-corrected chi connectivity index (χ0v) is 11.2. The van der Waals surface area contributed by atoms with Crippen molar-refractivity contribution in [3.63, 3.8) is 0 Å². The number of hydrogen-bond donors (Lipinski definition) is 2. The van der Waals surface area contributed by atoms with Crippen LogP contribution in [-0.4, -0.2) is 22.5 Å². The topological polar surface area (TPSA) is 50.9 Å². The summed E-state index contributed by atoms with van der Waals surface area (Å²) >= 11 is 2.00. The van der Waals surface area contributed by atoms with Gasteiger partial charge in [-0.3, -0.25) is 0 Å². The number of hydrogen-bond acceptors (Lipinski definition) is 4. The fourth-order valence-corrected chi connectivity index (χ4v) is 3.36. The Morgan fingerprint density at radius 1 is 1.41 bits per heavy atom. The van der Waals surface area contributed by atoms with Gasteiger partial charge in [-0.05, 0) is 25.2 Å². The number of nitrogens with one attached hydrogen (secondary N) is 1. The minimum Gasteiger partial charge on any atom is -0.399 e. The van der Waals surface area contributed by atoms with Gasteiger partial charge in [-0.2, -0.15) is 11.8 Å². The summed E-state index contributed by atoms with van der Waals surface area (Å²) in [6.07, 6.45) is 10.7. The zero-order chi connectivity index (χ0) is 12.1. The van der Waals surface area contributed by atoms with Gasteiger partial charge in [0.05, 0.1) is 0 Å². The van der Waals surface area contributed by atoms with E-state index in [1.807, 2.05) is 23.9 Å². The number of nitrogens with two attached hydrogens (primary N) is 1. The van der Waals surface area contributed by atoms with E-state index < -0.39 is 0 Å². The fraction of sp³-hybridized carbons (Fsp3) is 0.615. The number of nitrogens with zero attached hydrogens (tertiary/aromatic N) is 1. The molecule has 0 bridgehead atoms. The Morgan fingerprint density at radius 2 is 2.18 bits per heavy atom.